The van der Waals surface area contributed by atoms with Crippen LogP contribution in [0, 0.1) is 0 Å². The molecule has 0 aliphatic carbocycles. The molecule has 0 aliphatic heterocycles. The number of guanidine groups is 1. The predicted molar refractivity (Wildman–Crippen MR) is 104 cm³/mol. The predicted octanol–water partition coefficient (Wildman–Crippen LogP) is 2.96. The van der Waals surface area contributed by atoms with Gasteiger partial charge in [0.05, 0.1) is 18.5 Å². The quantitative estimate of drug-likeness (QED) is 0.333. The smallest absolute Gasteiger partial charge is 0.191 e. The van der Waals surface area contributed by atoms with Gasteiger partial charge in [0.1, 0.15) is 18.0 Å². The Morgan fingerprint density at radius 2 is 2.23 bits per heavy atom. The van der Waals surface area contributed by atoms with E-state index < -0.39 is 0 Å². The highest BCUT2D eigenvalue weighted by Crippen LogP contribution is 2.12. The molecule has 0 radical (unpaired) electrons. The first-order valence-electron chi connectivity index (χ1n) is 8.42. The maximum Gasteiger partial charge on any atom is 0.191 e. The highest BCUT2D eigenvalue weighted by molar-refractivity contribution is 9.10. The third kappa shape index (κ3) is 5.34. The van der Waals surface area contributed by atoms with E-state index in [4.69, 9.17) is 9.15 Å². The summed E-state index contributed by atoms with van der Waals surface area (Å²) in [5.74, 6) is 1.59. The molecule has 0 aliphatic rings. The van der Waals surface area contributed by atoms with Gasteiger partial charge in [-0.3, -0.25) is 4.99 Å². The maximum atomic E-state index is 5.56. The van der Waals surface area contributed by atoms with Crippen LogP contribution in [0.25, 0.3) is 5.65 Å². The zero-order chi connectivity index (χ0) is 18.2. The Morgan fingerprint density at radius 3 is 3.04 bits per heavy atom. The molecule has 3 rings (SSSR count). The van der Waals surface area contributed by atoms with Gasteiger partial charge in [-0.05, 0) is 46.6 Å². The molecule has 3 heterocycles. The Labute approximate surface area is 160 Å². The molecule has 3 aromatic rings. The fourth-order valence-electron chi connectivity index (χ4n) is 2.45. The van der Waals surface area contributed by atoms with Crippen LogP contribution in [0.15, 0.2) is 56.8 Å². The van der Waals surface area contributed by atoms with Gasteiger partial charge in [-0.15, -0.1) is 0 Å². The summed E-state index contributed by atoms with van der Waals surface area (Å²) >= 11 is 3.46. The van der Waals surface area contributed by atoms with Crippen LogP contribution in [0.3, 0.4) is 0 Å². The largest absolute Gasteiger partial charge is 0.467 e. The molecule has 0 atom stereocenters. The van der Waals surface area contributed by atoms with Gasteiger partial charge in [0.25, 0.3) is 0 Å². The number of aliphatic imine (C=N–C) groups is 1. The van der Waals surface area contributed by atoms with E-state index in [9.17, 15) is 0 Å². The van der Waals surface area contributed by atoms with E-state index in [-0.39, 0.29) is 0 Å². The minimum atomic E-state index is 0.504. The normalized spacial score (nSPS) is 11.8. The zero-order valence-electron chi connectivity index (χ0n) is 14.6. The summed E-state index contributed by atoms with van der Waals surface area (Å²) in [6.45, 7) is 2.54. The van der Waals surface area contributed by atoms with E-state index in [2.05, 4.69) is 36.5 Å². The number of furan rings is 1. The number of ether oxygens (including phenoxy) is 1. The van der Waals surface area contributed by atoms with Crippen LogP contribution in [0.5, 0.6) is 0 Å². The lowest BCUT2D eigenvalue weighted by Gasteiger charge is -2.10. The van der Waals surface area contributed by atoms with Gasteiger partial charge in [-0.1, -0.05) is 0 Å². The van der Waals surface area contributed by atoms with Gasteiger partial charge >= 0.3 is 0 Å². The lowest BCUT2D eigenvalue weighted by atomic mass is 10.4. The van der Waals surface area contributed by atoms with Crippen molar-refractivity contribution in [1.82, 2.24) is 20.0 Å². The first-order chi connectivity index (χ1) is 12.7. The van der Waals surface area contributed by atoms with E-state index in [1.807, 2.05) is 41.1 Å². The third-order valence-corrected chi connectivity index (χ3v) is 4.18. The average molecular weight is 420 g/mol. The summed E-state index contributed by atoms with van der Waals surface area (Å²) in [4.78, 5) is 8.80. The van der Waals surface area contributed by atoms with Crippen molar-refractivity contribution in [3.8, 4) is 0 Å². The highest BCUT2D eigenvalue weighted by atomic mass is 79.9. The van der Waals surface area contributed by atoms with Crippen LogP contribution in [-0.4, -0.2) is 35.5 Å². The van der Waals surface area contributed by atoms with Crippen LogP contribution in [0.4, 0.5) is 0 Å². The molecular weight excluding hydrogens is 398 g/mol. The third-order valence-electron chi connectivity index (χ3n) is 3.71. The molecule has 0 spiro atoms. The number of halogens is 1. The number of hydrogen-bond acceptors (Lipinski definition) is 4. The molecule has 0 saturated heterocycles. The molecule has 3 aromatic heterocycles. The van der Waals surface area contributed by atoms with Crippen LogP contribution >= 0.6 is 15.9 Å². The van der Waals surface area contributed by atoms with E-state index in [1.165, 1.54) is 0 Å². The molecular formula is C18H22BrN5O2. The summed E-state index contributed by atoms with van der Waals surface area (Å²) in [5.41, 5.74) is 1.87. The van der Waals surface area contributed by atoms with Crippen molar-refractivity contribution in [3.05, 3.63) is 58.8 Å². The molecule has 7 nitrogen and oxygen atoms in total. The Bertz CT molecular complexity index is 845. The summed E-state index contributed by atoms with van der Waals surface area (Å²) in [7, 11) is 1.75. The topological polar surface area (TPSA) is 76.1 Å². The number of hydrogen-bond donors (Lipinski definition) is 2. The second-order valence-electron chi connectivity index (χ2n) is 5.68. The van der Waals surface area contributed by atoms with Gasteiger partial charge < -0.3 is 24.2 Å². The van der Waals surface area contributed by atoms with Crippen LogP contribution < -0.4 is 10.6 Å². The van der Waals surface area contributed by atoms with Gasteiger partial charge in [0.15, 0.2) is 5.96 Å². The van der Waals surface area contributed by atoms with Crippen molar-refractivity contribution in [2.45, 2.75) is 19.6 Å². The molecule has 0 fully saturated rings. The van der Waals surface area contributed by atoms with Crippen LogP contribution in [-0.2, 0) is 17.9 Å². The monoisotopic (exact) mass is 419 g/mol. The van der Waals surface area contributed by atoms with E-state index >= 15 is 0 Å². The maximum absolute atomic E-state index is 5.56. The number of aromatic nitrogens is 2. The second-order valence-corrected chi connectivity index (χ2v) is 6.60. The fraction of sp³-hybridized carbons (Fsp3) is 0.333. The molecule has 26 heavy (non-hydrogen) atoms. The first kappa shape index (κ1) is 18.5. The minimum Gasteiger partial charge on any atom is -0.467 e. The molecule has 8 heteroatoms. The molecule has 0 saturated carbocycles. The van der Waals surface area contributed by atoms with Crippen LogP contribution in [0.2, 0.25) is 0 Å². The fourth-order valence-corrected chi connectivity index (χ4v) is 2.80. The summed E-state index contributed by atoms with van der Waals surface area (Å²) in [6, 6.07) is 7.72. The first-order valence-corrected chi connectivity index (χ1v) is 9.21. The molecule has 0 amide bonds. The number of fused-ring (bicyclic) bond motifs is 1. The Kier molecular flexibility index (Phi) is 6.68. The lowest BCUT2D eigenvalue weighted by molar-refractivity contribution is 0.105. The van der Waals surface area contributed by atoms with Crippen molar-refractivity contribution in [1.29, 1.82) is 0 Å². The number of pyridine rings is 1. The molecule has 138 valence electrons. The van der Waals surface area contributed by atoms with Gasteiger partial charge in [-0.2, -0.15) is 0 Å². The molecule has 0 unspecified atom stereocenters. The number of nitrogens with one attached hydrogen (secondary N) is 2. The standard InChI is InChI=1S/C18H22BrN5O2/c1-20-18(21-7-3-8-25-13-16-4-2-9-26-16)22-10-15-12-24-11-14(19)5-6-17(24)23-15/h2,4-6,9,11-12H,3,7-8,10,13H2,1H3,(H2,20,21,22). The Morgan fingerprint density at radius 1 is 1.31 bits per heavy atom. The van der Waals surface area contributed by atoms with E-state index in [0.29, 0.717) is 19.8 Å². The second kappa shape index (κ2) is 9.40. The average Bonchev–Trinajstić information content (AvgIpc) is 3.29. The molecule has 2 N–H and O–H groups in total. The summed E-state index contributed by atoms with van der Waals surface area (Å²) in [5, 5.41) is 6.54. The zero-order valence-corrected chi connectivity index (χ0v) is 16.2. The SMILES string of the molecule is CN=C(NCCCOCc1ccco1)NCc1cn2cc(Br)ccc2n1. The Balaban J connectivity index is 1.36. The van der Waals surface area contributed by atoms with E-state index in [1.54, 1.807) is 13.3 Å². The van der Waals surface area contributed by atoms with Crippen molar-refractivity contribution in [2.75, 3.05) is 20.2 Å². The van der Waals surface area contributed by atoms with E-state index in [0.717, 1.165) is 40.5 Å². The van der Waals surface area contributed by atoms with Gasteiger partial charge in [-0.25, -0.2) is 4.98 Å². The van der Waals surface area contributed by atoms with Crippen molar-refractivity contribution >= 4 is 27.5 Å². The summed E-state index contributed by atoms with van der Waals surface area (Å²) in [6.07, 6.45) is 6.52. The van der Waals surface area contributed by atoms with Crippen molar-refractivity contribution in [3.63, 3.8) is 0 Å². The summed E-state index contributed by atoms with van der Waals surface area (Å²) < 4.78 is 13.8. The molecule has 0 aromatic carbocycles. The molecule has 0 bridgehead atoms. The van der Waals surface area contributed by atoms with Gasteiger partial charge in [0.2, 0.25) is 0 Å². The van der Waals surface area contributed by atoms with Gasteiger partial charge in [0, 0.05) is 37.1 Å². The minimum absolute atomic E-state index is 0.504. The number of nitrogens with zero attached hydrogens (tertiary/aromatic N) is 3. The van der Waals surface area contributed by atoms with Crippen LogP contribution in [0.1, 0.15) is 17.9 Å². The number of imidazole rings is 1. The van der Waals surface area contributed by atoms with Crippen molar-refractivity contribution < 1.29 is 9.15 Å². The highest BCUT2D eigenvalue weighted by Gasteiger charge is 2.04. The Hall–Kier alpha value is -2.32. The number of rotatable bonds is 8. The van der Waals surface area contributed by atoms with Crippen molar-refractivity contribution in [2.24, 2.45) is 4.99 Å². The lowest BCUT2D eigenvalue weighted by Crippen LogP contribution is -2.37.